The quantitative estimate of drug-likeness (QED) is 0.494. The molecule has 0 bridgehead atoms. The second-order valence-electron chi connectivity index (χ2n) is 3.97. The fourth-order valence-electron chi connectivity index (χ4n) is 1.08. The predicted octanol–water partition coefficient (Wildman–Crippen LogP) is 4.14. The van der Waals surface area contributed by atoms with Crippen LogP contribution in [0.5, 0.6) is 0 Å². The number of benzene rings is 1. The summed E-state index contributed by atoms with van der Waals surface area (Å²) in [5.74, 6) is 0.790. The van der Waals surface area contributed by atoms with Crippen molar-refractivity contribution >= 4 is 50.8 Å². The number of anilines is 1. The molecule has 6 heteroatoms. The fourth-order valence-corrected chi connectivity index (χ4v) is 1.90. The van der Waals surface area contributed by atoms with Crippen molar-refractivity contribution in [3.05, 3.63) is 26.7 Å². The van der Waals surface area contributed by atoms with E-state index in [1.54, 1.807) is 12.1 Å². The molecule has 1 aromatic rings. The molecule has 1 aromatic carbocycles. The minimum Gasteiger partial charge on any atom is -0.370 e. The molecule has 1 rings (SSSR count). The first-order valence-electron chi connectivity index (χ1n) is 5.12. The van der Waals surface area contributed by atoms with Crippen molar-refractivity contribution in [2.75, 3.05) is 11.9 Å². The number of nitrogens with one attached hydrogen (secondary N) is 1. The van der Waals surface area contributed by atoms with Crippen molar-refractivity contribution in [2.24, 2.45) is 16.6 Å². The Kier molecular flexibility index (Phi) is 5.56. The molecular weight excluding hydrogens is 325 g/mol. The van der Waals surface area contributed by atoms with Gasteiger partial charge < -0.3 is 11.1 Å². The molecule has 0 aliphatic heterocycles. The lowest BCUT2D eigenvalue weighted by atomic mass is 10.2. The highest BCUT2D eigenvalue weighted by atomic mass is 79.9. The smallest absolute Gasteiger partial charge is 0.193 e. The van der Waals surface area contributed by atoms with Crippen LogP contribution in [-0.2, 0) is 0 Å². The SMILES string of the molecule is CC(C)CN=C(N)Nc1ccc(Br)c(Cl)c1Cl. The highest BCUT2D eigenvalue weighted by molar-refractivity contribution is 9.10. The summed E-state index contributed by atoms with van der Waals surface area (Å²) in [6, 6.07) is 3.59. The van der Waals surface area contributed by atoms with Gasteiger partial charge in [-0.25, -0.2) is 0 Å². The van der Waals surface area contributed by atoms with E-state index >= 15 is 0 Å². The number of halogens is 3. The maximum atomic E-state index is 6.07. The first-order valence-corrected chi connectivity index (χ1v) is 6.67. The van der Waals surface area contributed by atoms with Gasteiger partial charge in [0.1, 0.15) is 0 Å². The van der Waals surface area contributed by atoms with Gasteiger partial charge in [-0.1, -0.05) is 37.0 Å². The minimum atomic E-state index is 0.332. The first kappa shape index (κ1) is 14.6. The van der Waals surface area contributed by atoms with E-state index in [-0.39, 0.29) is 0 Å². The van der Waals surface area contributed by atoms with Crippen molar-refractivity contribution in [3.8, 4) is 0 Å². The molecule has 3 N–H and O–H groups in total. The second-order valence-corrected chi connectivity index (χ2v) is 5.58. The molecule has 0 saturated heterocycles. The topological polar surface area (TPSA) is 50.4 Å². The van der Waals surface area contributed by atoms with Gasteiger partial charge in [0.05, 0.1) is 15.7 Å². The normalized spacial score (nSPS) is 12.0. The van der Waals surface area contributed by atoms with Crippen LogP contribution in [-0.4, -0.2) is 12.5 Å². The van der Waals surface area contributed by atoms with Crippen LogP contribution in [0.4, 0.5) is 5.69 Å². The third kappa shape index (κ3) is 4.37. The number of nitrogens with zero attached hydrogens (tertiary/aromatic N) is 1. The van der Waals surface area contributed by atoms with Gasteiger partial charge in [-0.15, -0.1) is 0 Å². The van der Waals surface area contributed by atoms with Crippen LogP contribution >= 0.6 is 39.1 Å². The molecule has 0 aromatic heterocycles. The molecule has 0 radical (unpaired) electrons. The van der Waals surface area contributed by atoms with E-state index in [1.165, 1.54) is 0 Å². The van der Waals surface area contributed by atoms with Gasteiger partial charge in [0.2, 0.25) is 0 Å². The third-order valence-corrected chi connectivity index (χ3v) is 3.70. The van der Waals surface area contributed by atoms with E-state index in [4.69, 9.17) is 28.9 Å². The molecule has 0 heterocycles. The van der Waals surface area contributed by atoms with Crippen LogP contribution in [0.15, 0.2) is 21.6 Å². The monoisotopic (exact) mass is 337 g/mol. The average molecular weight is 339 g/mol. The summed E-state index contributed by atoms with van der Waals surface area (Å²) < 4.78 is 0.743. The first-order chi connectivity index (χ1) is 7.91. The zero-order valence-corrected chi connectivity index (χ0v) is 12.7. The van der Waals surface area contributed by atoms with Crippen LogP contribution in [0.1, 0.15) is 13.8 Å². The maximum absolute atomic E-state index is 6.07. The Labute approximate surface area is 120 Å². The number of nitrogens with two attached hydrogens (primary N) is 1. The van der Waals surface area contributed by atoms with Gasteiger partial charge in [0.25, 0.3) is 0 Å². The summed E-state index contributed by atoms with van der Waals surface area (Å²) in [5, 5.41) is 3.80. The highest BCUT2D eigenvalue weighted by Crippen LogP contribution is 2.35. The van der Waals surface area contributed by atoms with E-state index in [0.29, 0.717) is 34.2 Å². The molecule has 0 atom stereocenters. The molecule has 0 spiro atoms. The van der Waals surface area contributed by atoms with Gasteiger partial charge in [-0.3, -0.25) is 4.99 Å². The summed E-state index contributed by atoms with van der Waals surface area (Å²) in [4.78, 5) is 4.18. The third-order valence-electron chi connectivity index (χ3n) is 1.92. The van der Waals surface area contributed by atoms with Crippen LogP contribution in [0.3, 0.4) is 0 Å². The van der Waals surface area contributed by atoms with Crippen LogP contribution in [0, 0.1) is 5.92 Å². The van der Waals surface area contributed by atoms with E-state index in [1.807, 2.05) is 0 Å². The van der Waals surface area contributed by atoms with Gasteiger partial charge in [-0.2, -0.15) is 0 Å². The molecular formula is C11H14BrCl2N3. The Morgan fingerprint density at radius 3 is 2.65 bits per heavy atom. The van der Waals surface area contributed by atoms with Crippen molar-refractivity contribution in [1.29, 1.82) is 0 Å². The van der Waals surface area contributed by atoms with Gasteiger partial charge in [-0.05, 0) is 34.0 Å². The van der Waals surface area contributed by atoms with Crippen molar-refractivity contribution in [2.45, 2.75) is 13.8 Å². The Morgan fingerprint density at radius 1 is 1.41 bits per heavy atom. The lowest BCUT2D eigenvalue weighted by Gasteiger charge is -2.10. The molecule has 3 nitrogen and oxygen atoms in total. The van der Waals surface area contributed by atoms with E-state index in [9.17, 15) is 0 Å². The molecule has 0 saturated carbocycles. The number of guanidine groups is 1. The Bertz CT molecular complexity index is 433. The highest BCUT2D eigenvalue weighted by Gasteiger charge is 2.08. The summed E-state index contributed by atoms with van der Waals surface area (Å²) >= 11 is 15.4. The molecule has 17 heavy (non-hydrogen) atoms. The minimum absolute atomic E-state index is 0.332. The number of rotatable bonds is 3. The van der Waals surface area contributed by atoms with Gasteiger partial charge in [0, 0.05) is 11.0 Å². The predicted molar refractivity (Wildman–Crippen MR) is 79.1 cm³/mol. The molecule has 0 aliphatic rings. The maximum Gasteiger partial charge on any atom is 0.193 e. The van der Waals surface area contributed by atoms with Gasteiger partial charge in [0.15, 0.2) is 5.96 Å². The standard InChI is InChI=1S/C11H14BrCl2N3/c1-6(2)5-16-11(15)17-8-4-3-7(12)9(13)10(8)14/h3-4,6H,5H2,1-2H3,(H3,15,16,17). The number of hydrogen-bond donors (Lipinski definition) is 2. The van der Waals surface area contributed by atoms with E-state index in [2.05, 4.69) is 40.1 Å². The molecule has 0 fully saturated rings. The number of aliphatic imine (C=N–C) groups is 1. The molecule has 0 amide bonds. The largest absolute Gasteiger partial charge is 0.370 e. The van der Waals surface area contributed by atoms with Crippen LogP contribution < -0.4 is 11.1 Å². The summed E-state index contributed by atoms with van der Waals surface area (Å²) in [6.45, 7) is 4.81. The van der Waals surface area contributed by atoms with Crippen LogP contribution in [0.2, 0.25) is 10.0 Å². The number of hydrogen-bond acceptors (Lipinski definition) is 1. The van der Waals surface area contributed by atoms with Crippen molar-refractivity contribution < 1.29 is 0 Å². The zero-order valence-electron chi connectivity index (χ0n) is 9.60. The second kappa shape index (κ2) is 6.47. The van der Waals surface area contributed by atoms with Crippen LogP contribution in [0.25, 0.3) is 0 Å². The molecule has 94 valence electrons. The molecule has 0 unspecified atom stereocenters. The van der Waals surface area contributed by atoms with Crippen molar-refractivity contribution in [3.63, 3.8) is 0 Å². The summed E-state index contributed by atoms with van der Waals surface area (Å²) in [7, 11) is 0. The zero-order chi connectivity index (χ0) is 13.0. The summed E-state index contributed by atoms with van der Waals surface area (Å²) in [5.41, 5.74) is 6.38. The Hall–Kier alpha value is -0.450. The van der Waals surface area contributed by atoms with Crippen molar-refractivity contribution in [1.82, 2.24) is 0 Å². The molecule has 0 aliphatic carbocycles. The fraction of sp³-hybridized carbons (Fsp3) is 0.364. The summed E-state index contributed by atoms with van der Waals surface area (Å²) in [6.07, 6.45) is 0. The average Bonchev–Trinajstić information content (AvgIpc) is 2.27. The lowest BCUT2D eigenvalue weighted by Crippen LogP contribution is -2.23. The van der Waals surface area contributed by atoms with E-state index in [0.717, 1.165) is 4.47 Å². The Balaban J connectivity index is 2.82. The van der Waals surface area contributed by atoms with Gasteiger partial charge >= 0.3 is 0 Å². The Morgan fingerprint density at radius 2 is 2.06 bits per heavy atom. The lowest BCUT2D eigenvalue weighted by molar-refractivity contribution is 0.665. The van der Waals surface area contributed by atoms with E-state index < -0.39 is 0 Å².